The van der Waals surface area contributed by atoms with Crippen LogP contribution < -0.4 is 9.88 Å². The predicted octanol–water partition coefficient (Wildman–Crippen LogP) is 4.18. The molecule has 0 aliphatic heterocycles. The number of sulfonamides is 1. The third-order valence-corrected chi connectivity index (χ3v) is 5.23. The zero-order chi connectivity index (χ0) is 18.7. The Morgan fingerprint density at radius 1 is 1.12 bits per heavy atom. The van der Waals surface area contributed by atoms with Crippen LogP contribution in [0.5, 0.6) is 5.75 Å². The standard InChI is InChI=1S/C15H13ClF3NO3S2/c16-14-6-3-11(9-13(14)15(17,18)19)24-8-7-23-10-1-4-12(5-2-10)25(20,21)22/h1-6,9H,7-8H2,(H2,20,21,22). The van der Waals surface area contributed by atoms with E-state index in [1.807, 2.05) is 0 Å². The molecule has 0 fully saturated rings. The van der Waals surface area contributed by atoms with E-state index in [1.165, 1.54) is 48.2 Å². The van der Waals surface area contributed by atoms with Gasteiger partial charge in [-0.15, -0.1) is 11.8 Å². The van der Waals surface area contributed by atoms with Gasteiger partial charge in [0, 0.05) is 10.6 Å². The van der Waals surface area contributed by atoms with Crippen molar-refractivity contribution in [1.29, 1.82) is 0 Å². The molecular weight excluding hydrogens is 399 g/mol. The van der Waals surface area contributed by atoms with E-state index in [0.29, 0.717) is 16.4 Å². The Balaban J connectivity index is 1.89. The fourth-order valence-electron chi connectivity index (χ4n) is 1.86. The summed E-state index contributed by atoms with van der Waals surface area (Å²) in [5.41, 5.74) is -0.876. The van der Waals surface area contributed by atoms with Gasteiger partial charge in [0.25, 0.3) is 0 Å². The molecule has 0 atom stereocenters. The molecule has 2 aromatic rings. The van der Waals surface area contributed by atoms with Crippen molar-refractivity contribution in [1.82, 2.24) is 0 Å². The van der Waals surface area contributed by atoms with E-state index in [2.05, 4.69) is 0 Å². The van der Waals surface area contributed by atoms with Crippen molar-refractivity contribution in [3.05, 3.63) is 53.1 Å². The van der Waals surface area contributed by atoms with Gasteiger partial charge >= 0.3 is 6.18 Å². The van der Waals surface area contributed by atoms with Crippen molar-refractivity contribution in [2.45, 2.75) is 16.0 Å². The van der Waals surface area contributed by atoms with Crippen molar-refractivity contribution in [3.63, 3.8) is 0 Å². The first-order valence-electron chi connectivity index (χ1n) is 6.82. The van der Waals surface area contributed by atoms with Gasteiger partial charge in [0.05, 0.1) is 22.1 Å². The average molecular weight is 412 g/mol. The minimum Gasteiger partial charge on any atom is -0.493 e. The van der Waals surface area contributed by atoms with E-state index in [4.69, 9.17) is 21.5 Å². The number of halogens is 4. The van der Waals surface area contributed by atoms with Crippen LogP contribution in [0.3, 0.4) is 0 Å². The highest BCUT2D eigenvalue weighted by Crippen LogP contribution is 2.36. The lowest BCUT2D eigenvalue weighted by Crippen LogP contribution is -2.11. The number of nitrogens with two attached hydrogens (primary N) is 1. The van der Waals surface area contributed by atoms with Gasteiger partial charge in [-0.2, -0.15) is 13.2 Å². The smallest absolute Gasteiger partial charge is 0.417 e. The summed E-state index contributed by atoms with van der Waals surface area (Å²) in [6, 6.07) is 9.23. The Hall–Kier alpha value is -1.42. The fraction of sp³-hybridized carbons (Fsp3) is 0.200. The van der Waals surface area contributed by atoms with Gasteiger partial charge in [-0.3, -0.25) is 0 Å². The van der Waals surface area contributed by atoms with E-state index in [-0.39, 0.29) is 16.5 Å². The lowest BCUT2D eigenvalue weighted by molar-refractivity contribution is -0.137. The quantitative estimate of drug-likeness (QED) is 0.572. The van der Waals surface area contributed by atoms with Crippen molar-refractivity contribution in [2.24, 2.45) is 5.14 Å². The number of alkyl halides is 3. The second-order valence-electron chi connectivity index (χ2n) is 4.85. The summed E-state index contributed by atoms with van der Waals surface area (Å²) >= 11 is 6.75. The van der Waals surface area contributed by atoms with Crippen molar-refractivity contribution < 1.29 is 26.3 Å². The number of thioether (sulfide) groups is 1. The Morgan fingerprint density at radius 3 is 2.32 bits per heavy atom. The molecule has 0 unspecified atom stereocenters. The van der Waals surface area contributed by atoms with Crippen molar-refractivity contribution >= 4 is 33.4 Å². The highest BCUT2D eigenvalue weighted by atomic mass is 35.5. The van der Waals surface area contributed by atoms with Gasteiger partial charge < -0.3 is 4.74 Å². The number of hydrogen-bond donors (Lipinski definition) is 1. The third kappa shape index (κ3) is 5.81. The Kier molecular flexibility index (Phi) is 6.26. The maximum absolute atomic E-state index is 12.8. The van der Waals surface area contributed by atoms with Crippen LogP contribution in [0.1, 0.15) is 5.56 Å². The van der Waals surface area contributed by atoms with Crippen LogP contribution in [0.4, 0.5) is 13.2 Å². The van der Waals surface area contributed by atoms with Gasteiger partial charge in [-0.05, 0) is 42.5 Å². The Labute approximate surface area is 152 Å². The molecule has 10 heteroatoms. The van der Waals surface area contributed by atoms with Crippen LogP contribution in [-0.2, 0) is 16.2 Å². The average Bonchev–Trinajstić information content (AvgIpc) is 2.51. The number of hydrogen-bond acceptors (Lipinski definition) is 4. The van der Waals surface area contributed by atoms with Crippen molar-refractivity contribution in [2.75, 3.05) is 12.4 Å². The van der Waals surface area contributed by atoms with Gasteiger partial charge in [-0.1, -0.05) is 11.6 Å². The minimum absolute atomic E-state index is 0.0323. The van der Waals surface area contributed by atoms with Crippen LogP contribution in [-0.4, -0.2) is 20.8 Å². The van der Waals surface area contributed by atoms with Crippen LogP contribution in [0.25, 0.3) is 0 Å². The fourth-order valence-corrected chi connectivity index (χ4v) is 3.36. The number of primary sulfonamides is 1. The number of benzene rings is 2. The molecule has 0 saturated carbocycles. The summed E-state index contributed by atoms with van der Waals surface area (Å²) in [4.78, 5) is 0.389. The zero-order valence-electron chi connectivity index (χ0n) is 12.6. The molecule has 2 aromatic carbocycles. The molecule has 0 aliphatic rings. The summed E-state index contributed by atoms with van der Waals surface area (Å²) in [6.07, 6.45) is -4.50. The summed E-state index contributed by atoms with van der Waals surface area (Å²) < 4.78 is 66.0. The van der Waals surface area contributed by atoms with Gasteiger partial charge in [-0.25, -0.2) is 13.6 Å². The van der Waals surface area contributed by atoms with Gasteiger partial charge in [0.1, 0.15) is 5.75 Å². The molecule has 0 aliphatic carbocycles. The molecule has 0 bridgehead atoms. The summed E-state index contributed by atoms with van der Waals surface area (Å²) in [7, 11) is -3.76. The molecule has 0 saturated heterocycles. The van der Waals surface area contributed by atoms with Crippen LogP contribution in [0.2, 0.25) is 5.02 Å². The molecule has 25 heavy (non-hydrogen) atoms. The van der Waals surface area contributed by atoms with E-state index in [0.717, 1.165) is 6.07 Å². The lowest BCUT2D eigenvalue weighted by atomic mass is 10.2. The largest absolute Gasteiger partial charge is 0.493 e. The van der Waals surface area contributed by atoms with Gasteiger partial charge in [0.15, 0.2) is 0 Å². The third-order valence-electron chi connectivity index (χ3n) is 3.02. The van der Waals surface area contributed by atoms with Gasteiger partial charge in [0.2, 0.25) is 10.0 Å². The summed E-state index contributed by atoms with van der Waals surface area (Å²) in [5.74, 6) is 0.829. The molecule has 2 rings (SSSR count). The summed E-state index contributed by atoms with van der Waals surface area (Å²) in [5, 5.41) is 4.64. The lowest BCUT2D eigenvalue weighted by Gasteiger charge is -2.11. The number of rotatable bonds is 6. The van der Waals surface area contributed by atoms with E-state index in [9.17, 15) is 21.6 Å². The van der Waals surface area contributed by atoms with Crippen LogP contribution in [0, 0.1) is 0 Å². The molecule has 0 heterocycles. The summed E-state index contributed by atoms with van der Waals surface area (Å²) in [6.45, 7) is 0.226. The first-order valence-corrected chi connectivity index (χ1v) is 9.73. The molecule has 0 aromatic heterocycles. The second-order valence-corrected chi connectivity index (χ2v) is 7.99. The molecule has 136 valence electrons. The molecule has 0 spiro atoms. The van der Waals surface area contributed by atoms with Crippen LogP contribution in [0.15, 0.2) is 52.3 Å². The minimum atomic E-state index is -4.50. The molecule has 2 N–H and O–H groups in total. The molecular formula is C15H13ClF3NO3S2. The van der Waals surface area contributed by atoms with Crippen molar-refractivity contribution in [3.8, 4) is 5.75 Å². The second kappa shape index (κ2) is 7.86. The zero-order valence-corrected chi connectivity index (χ0v) is 15.0. The monoisotopic (exact) mass is 411 g/mol. The Bertz CT molecular complexity index is 840. The van der Waals surface area contributed by atoms with E-state index >= 15 is 0 Å². The van der Waals surface area contributed by atoms with E-state index < -0.39 is 21.8 Å². The first-order chi connectivity index (χ1) is 11.6. The topological polar surface area (TPSA) is 69.4 Å². The van der Waals surface area contributed by atoms with Crippen LogP contribution >= 0.6 is 23.4 Å². The maximum atomic E-state index is 12.8. The molecule has 0 amide bonds. The SMILES string of the molecule is NS(=O)(=O)c1ccc(OCCSc2ccc(Cl)c(C(F)(F)F)c2)cc1. The highest BCUT2D eigenvalue weighted by Gasteiger charge is 2.33. The number of ether oxygens (including phenoxy) is 1. The predicted molar refractivity (Wildman–Crippen MR) is 90.5 cm³/mol. The molecule has 4 nitrogen and oxygen atoms in total. The molecule has 0 radical (unpaired) electrons. The maximum Gasteiger partial charge on any atom is 0.417 e. The van der Waals surface area contributed by atoms with E-state index in [1.54, 1.807) is 0 Å². The first kappa shape index (κ1) is 19.9. The Morgan fingerprint density at radius 2 is 1.76 bits per heavy atom. The normalized spacial score (nSPS) is 12.2. The highest BCUT2D eigenvalue weighted by molar-refractivity contribution is 7.99.